The molecule has 3 aliphatic carbocycles. The molecule has 0 spiro atoms. The van der Waals surface area contributed by atoms with Crippen LogP contribution in [0.2, 0.25) is 0 Å². The van der Waals surface area contributed by atoms with Crippen molar-refractivity contribution in [3.63, 3.8) is 0 Å². The van der Waals surface area contributed by atoms with Crippen molar-refractivity contribution >= 4 is 0 Å². The number of hydrogen-bond donors (Lipinski definition) is 1. The van der Waals surface area contributed by atoms with Gasteiger partial charge in [-0.15, -0.1) is 0 Å². The Kier molecular flexibility index (Phi) is 2.76. The lowest BCUT2D eigenvalue weighted by atomic mass is 9.76. The molecule has 0 aromatic heterocycles. The van der Waals surface area contributed by atoms with Gasteiger partial charge in [0.1, 0.15) is 0 Å². The van der Waals surface area contributed by atoms with E-state index in [0.717, 1.165) is 23.7 Å². The predicted molar refractivity (Wildman–Crippen MR) is 63.5 cm³/mol. The molecule has 0 aromatic carbocycles. The van der Waals surface area contributed by atoms with Gasteiger partial charge in [-0.2, -0.15) is 0 Å². The van der Waals surface area contributed by atoms with E-state index in [1.165, 1.54) is 25.7 Å². The zero-order chi connectivity index (χ0) is 10.3. The lowest BCUT2D eigenvalue weighted by molar-refractivity contribution is 0.221. The average Bonchev–Trinajstić information content (AvgIpc) is 2.83. The van der Waals surface area contributed by atoms with Gasteiger partial charge in [-0.05, 0) is 75.0 Å². The molecule has 1 nitrogen and oxygen atoms in total. The van der Waals surface area contributed by atoms with E-state index in [4.69, 9.17) is 5.73 Å². The van der Waals surface area contributed by atoms with Crippen LogP contribution in [-0.2, 0) is 0 Å². The highest BCUT2D eigenvalue weighted by atomic mass is 14.6. The summed E-state index contributed by atoms with van der Waals surface area (Å²) in [4.78, 5) is 0. The first kappa shape index (κ1) is 10.1. The Morgan fingerprint density at radius 2 is 1.67 bits per heavy atom. The van der Waals surface area contributed by atoms with E-state index >= 15 is 0 Å². The molecule has 3 aliphatic rings. The van der Waals surface area contributed by atoms with E-state index in [0.29, 0.717) is 6.04 Å². The third-order valence-corrected chi connectivity index (χ3v) is 5.41. The summed E-state index contributed by atoms with van der Waals surface area (Å²) in [5, 5.41) is 0. The Hall–Kier alpha value is -0.0400. The topological polar surface area (TPSA) is 26.0 Å². The van der Waals surface area contributed by atoms with Crippen LogP contribution in [0.25, 0.3) is 0 Å². The quantitative estimate of drug-likeness (QED) is 0.738. The minimum absolute atomic E-state index is 0.529. The summed E-state index contributed by atoms with van der Waals surface area (Å²) < 4.78 is 0. The summed E-state index contributed by atoms with van der Waals surface area (Å²) >= 11 is 0. The molecule has 3 fully saturated rings. The van der Waals surface area contributed by atoms with Crippen molar-refractivity contribution in [1.29, 1.82) is 0 Å². The van der Waals surface area contributed by atoms with Gasteiger partial charge in [-0.1, -0.05) is 6.42 Å². The van der Waals surface area contributed by atoms with Crippen LogP contribution < -0.4 is 5.73 Å². The predicted octanol–water partition coefficient (Wildman–Crippen LogP) is 3.33. The highest BCUT2D eigenvalue weighted by Gasteiger charge is 2.40. The molecule has 0 heterocycles. The molecular formula is C14H25N. The number of nitrogens with two attached hydrogens (primary N) is 1. The zero-order valence-corrected chi connectivity index (χ0v) is 9.83. The van der Waals surface area contributed by atoms with Crippen LogP contribution in [-0.4, -0.2) is 6.04 Å². The van der Waals surface area contributed by atoms with Gasteiger partial charge in [-0.3, -0.25) is 0 Å². The Bertz CT molecular complexity index is 217. The highest BCUT2D eigenvalue weighted by molar-refractivity contribution is 4.91. The number of rotatable bonds is 2. The van der Waals surface area contributed by atoms with E-state index < -0.39 is 0 Å². The first-order chi connectivity index (χ1) is 7.31. The van der Waals surface area contributed by atoms with Gasteiger partial charge >= 0.3 is 0 Å². The smallest absolute Gasteiger partial charge is 0.00390 e. The van der Waals surface area contributed by atoms with Crippen LogP contribution in [0.15, 0.2) is 0 Å². The molecule has 0 radical (unpaired) electrons. The minimum Gasteiger partial charge on any atom is -0.328 e. The summed E-state index contributed by atoms with van der Waals surface area (Å²) in [5.41, 5.74) is 5.97. The largest absolute Gasteiger partial charge is 0.328 e. The summed E-state index contributed by atoms with van der Waals surface area (Å²) in [6.45, 7) is 0. The molecule has 1 heteroatoms. The van der Waals surface area contributed by atoms with Gasteiger partial charge in [0, 0.05) is 6.04 Å². The second-order valence-corrected chi connectivity index (χ2v) is 6.45. The monoisotopic (exact) mass is 207 g/mol. The van der Waals surface area contributed by atoms with Crippen LogP contribution in [0.5, 0.6) is 0 Å². The molecule has 3 rings (SSSR count). The molecule has 0 unspecified atom stereocenters. The molecule has 0 aliphatic heterocycles. The van der Waals surface area contributed by atoms with Crippen molar-refractivity contribution in [2.75, 3.05) is 0 Å². The van der Waals surface area contributed by atoms with Crippen molar-refractivity contribution in [2.45, 2.75) is 63.8 Å². The fourth-order valence-corrected chi connectivity index (χ4v) is 4.52. The molecule has 0 aromatic rings. The maximum absolute atomic E-state index is 5.97. The Labute approximate surface area is 93.8 Å². The first-order valence-corrected chi connectivity index (χ1v) is 7.07. The van der Waals surface area contributed by atoms with Crippen molar-refractivity contribution in [3.05, 3.63) is 0 Å². The summed E-state index contributed by atoms with van der Waals surface area (Å²) in [6, 6.07) is 0.529. The van der Waals surface area contributed by atoms with Gasteiger partial charge < -0.3 is 5.73 Å². The van der Waals surface area contributed by atoms with Crippen molar-refractivity contribution in [1.82, 2.24) is 0 Å². The van der Waals surface area contributed by atoms with E-state index in [1.54, 1.807) is 32.1 Å². The van der Waals surface area contributed by atoms with E-state index in [-0.39, 0.29) is 0 Å². The Balaban J connectivity index is 1.49. The fourth-order valence-electron chi connectivity index (χ4n) is 4.52. The molecular weight excluding hydrogens is 182 g/mol. The van der Waals surface area contributed by atoms with Crippen LogP contribution in [0.3, 0.4) is 0 Å². The van der Waals surface area contributed by atoms with Gasteiger partial charge in [0.15, 0.2) is 0 Å². The van der Waals surface area contributed by atoms with E-state index in [1.807, 2.05) is 0 Å². The normalized spacial score (nSPS) is 49.8. The van der Waals surface area contributed by atoms with E-state index in [2.05, 4.69) is 0 Å². The molecule has 86 valence electrons. The third kappa shape index (κ3) is 2.08. The molecule has 0 amide bonds. The van der Waals surface area contributed by atoms with Gasteiger partial charge in [-0.25, -0.2) is 0 Å². The van der Waals surface area contributed by atoms with Crippen molar-refractivity contribution < 1.29 is 0 Å². The molecule has 15 heavy (non-hydrogen) atoms. The van der Waals surface area contributed by atoms with Crippen LogP contribution in [0, 0.1) is 23.7 Å². The SMILES string of the molecule is NC1CCC(C[C@H]2C[C@H]3CC[C@@H]2C3)CC1. The molecule has 3 saturated carbocycles. The molecule has 0 saturated heterocycles. The van der Waals surface area contributed by atoms with Gasteiger partial charge in [0.2, 0.25) is 0 Å². The van der Waals surface area contributed by atoms with Gasteiger partial charge in [0.25, 0.3) is 0 Å². The Morgan fingerprint density at radius 3 is 2.27 bits per heavy atom. The van der Waals surface area contributed by atoms with Gasteiger partial charge in [0.05, 0.1) is 0 Å². The third-order valence-electron chi connectivity index (χ3n) is 5.41. The summed E-state index contributed by atoms with van der Waals surface area (Å²) in [6.07, 6.45) is 13.3. The molecule has 2 bridgehead atoms. The fraction of sp³-hybridized carbons (Fsp3) is 1.00. The van der Waals surface area contributed by atoms with Crippen LogP contribution >= 0.6 is 0 Å². The second-order valence-electron chi connectivity index (χ2n) is 6.45. The maximum Gasteiger partial charge on any atom is 0.00390 e. The summed E-state index contributed by atoms with van der Waals surface area (Å²) in [5.74, 6) is 4.41. The van der Waals surface area contributed by atoms with Crippen LogP contribution in [0.1, 0.15) is 57.8 Å². The standard InChI is InChI=1S/C14H25N/c15-14-5-2-10(3-6-14)7-13-9-11-1-4-12(13)8-11/h10-14H,1-9,15H2/t10?,11-,12+,13-,14?/m0/s1. The first-order valence-electron chi connectivity index (χ1n) is 7.07. The highest BCUT2D eigenvalue weighted by Crippen LogP contribution is 2.51. The lowest BCUT2D eigenvalue weighted by Gasteiger charge is -2.31. The van der Waals surface area contributed by atoms with E-state index in [9.17, 15) is 0 Å². The van der Waals surface area contributed by atoms with Crippen molar-refractivity contribution in [3.8, 4) is 0 Å². The second kappa shape index (κ2) is 4.08. The minimum atomic E-state index is 0.529. The lowest BCUT2D eigenvalue weighted by Crippen LogP contribution is -2.28. The average molecular weight is 207 g/mol. The van der Waals surface area contributed by atoms with Crippen molar-refractivity contribution in [2.24, 2.45) is 29.4 Å². The van der Waals surface area contributed by atoms with Crippen LogP contribution in [0.4, 0.5) is 0 Å². The zero-order valence-electron chi connectivity index (χ0n) is 9.83. The maximum atomic E-state index is 5.97. The summed E-state index contributed by atoms with van der Waals surface area (Å²) in [7, 11) is 0. The Morgan fingerprint density at radius 1 is 0.867 bits per heavy atom. The number of hydrogen-bond acceptors (Lipinski definition) is 1. The molecule has 3 atom stereocenters. The molecule has 2 N–H and O–H groups in total. The number of fused-ring (bicyclic) bond motifs is 2.